The van der Waals surface area contributed by atoms with Gasteiger partial charge in [-0.1, -0.05) is 50.1 Å². The largest absolute Gasteiger partial charge is 0.494 e. The number of hydrogen-bond acceptors (Lipinski definition) is 3. The van der Waals surface area contributed by atoms with Crippen molar-refractivity contribution < 1.29 is 18.7 Å². The minimum Gasteiger partial charge on any atom is -0.494 e. The molecule has 1 aliphatic carbocycles. The zero-order valence-electron chi connectivity index (χ0n) is 18.8. The average molecular weight is 441 g/mol. The summed E-state index contributed by atoms with van der Waals surface area (Å²) < 4.78 is 19.0. The second-order valence-electron chi connectivity index (χ2n) is 8.33. The Labute approximate surface area is 190 Å². The molecule has 0 spiro atoms. The van der Waals surface area contributed by atoms with E-state index in [0.29, 0.717) is 19.4 Å². The Morgan fingerprint density at radius 1 is 1.09 bits per heavy atom. The number of ether oxygens (including phenoxy) is 1. The van der Waals surface area contributed by atoms with Crippen molar-refractivity contribution in [3.05, 3.63) is 66.0 Å². The number of rotatable bonds is 11. The van der Waals surface area contributed by atoms with Crippen molar-refractivity contribution in [2.75, 3.05) is 6.61 Å². The van der Waals surface area contributed by atoms with E-state index in [9.17, 15) is 14.0 Å². The normalized spacial score (nSPS) is 14.7. The van der Waals surface area contributed by atoms with Crippen LogP contribution in [-0.2, 0) is 16.1 Å². The fourth-order valence-corrected chi connectivity index (χ4v) is 4.15. The van der Waals surface area contributed by atoms with Crippen LogP contribution in [-0.4, -0.2) is 35.4 Å². The molecule has 32 heavy (non-hydrogen) atoms. The smallest absolute Gasteiger partial charge is 0.243 e. The van der Waals surface area contributed by atoms with E-state index in [4.69, 9.17) is 4.74 Å². The molecule has 2 aromatic carbocycles. The van der Waals surface area contributed by atoms with Gasteiger partial charge in [-0.05, 0) is 55.5 Å². The molecule has 2 aromatic rings. The Morgan fingerprint density at radius 2 is 1.78 bits per heavy atom. The Hall–Kier alpha value is -2.89. The summed E-state index contributed by atoms with van der Waals surface area (Å²) in [6.45, 7) is 2.61. The SMILES string of the molecule is CC[C@@H](C(=O)NC1CCCC1)N(Cc1ccc(F)cc1)C(=O)CCCOc1ccccc1. The molecule has 0 aromatic heterocycles. The molecule has 0 unspecified atom stereocenters. The molecule has 1 atom stereocenters. The van der Waals surface area contributed by atoms with Crippen LogP contribution in [0.15, 0.2) is 54.6 Å². The summed E-state index contributed by atoms with van der Waals surface area (Å²) >= 11 is 0. The number of nitrogens with zero attached hydrogens (tertiary/aromatic N) is 1. The van der Waals surface area contributed by atoms with E-state index in [1.54, 1.807) is 17.0 Å². The topological polar surface area (TPSA) is 58.6 Å². The van der Waals surface area contributed by atoms with Crippen LogP contribution in [0.25, 0.3) is 0 Å². The molecule has 3 rings (SSSR count). The van der Waals surface area contributed by atoms with E-state index in [2.05, 4.69) is 5.32 Å². The summed E-state index contributed by atoms with van der Waals surface area (Å²) in [5.41, 5.74) is 0.799. The summed E-state index contributed by atoms with van der Waals surface area (Å²) in [4.78, 5) is 27.9. The van der Waals surface area contributed by atoms with Crippen LogP contribution < -0.4 is 10.1 Å². The summed E-state index contributed by atoms with van der Waals surface area (Å²) in [6.07, 6.45) is 5.58. The van der Waals surface area contributed by atoms with Gasteiger partial charge in [-0.15, -0.1) is 0 Å². The van der Waals surface area contributed by atoms with Crippen LogP contribution in [0.2, 0.25) is 0 Å². The Morgan fingerprint density at radius 3 is 2.44 bits per heavy atom. The summed E-state index contributed by atoms with van der Waals surface area (Å²) in [5, 5.41) is 3.13. The van der Waals surface area contributed by atoms with Gasteiger partial charge < -0.3 is 15.0 Å². The fraction of sp³-hybridized carbons (Fsp3) is 0.462. The van der Waals surface area contributed by atoms with Crippen molar-refractivity contribution in [3.63, 3.8) is 0 Å². The van der Waals surface area contributed by atoms with Gasteiger partial charge in [-0.2, -0.15) is 0 Å². The van der Waals surface area contributed by atoms with Crippen LogP contribution in [0.5, 0.6) is 5.75 Å². The monoisotopic (exact) mass is 440 g/mol. The first kappa shape index (κ1) is 23.8. The predicted molar refractivity (Wildman–Crippen MR) is 123 cm³/mol. The van der Waals surface area contributed by atoms with Crippen LogP contribution in [0.4, 0.5) is 4.39 Å². The summed E-state index contributed by atoms with van der Waals surface area (Å²) in [6, 6.07) is 15.2. The lowest BCUT2D eigenvalue weighted by Gasteiger charge is -2.31. The van der Waals surface area contributed by atoms with Gasteiger partial charge in [0.15, 0.2) is 0 Å². The number of hydrogen-bond donors (Lipinski definition) is 1. The van der Waals surface area contributed by atoms with Gasteiger partial charge in [-0.25, -0.2) is 4.39 Å². The number of carbonyl (C=O) groups is 2. The van der Waals surface area contributed by atoms with Gasteiger partial charge in [-0.3, -0.25) is 9.59 Å². The third-order valence-corrected chi connectivity index (χ3v) is 5.90. The maximum atomic E-state index is 13.3. The van der Waals surface area contributed by atoms with Crippen LogP contribution >= 0.6 is 0 Å². The zero-order valence-corrected chi connectivity index (χ0v) is 18.8. The lowest BCUT2D eigenvalue weighted by Crippen LogP contribution is -2.50. The highest BCUT2D eigenvalue weighted by atomic mass is 19.1. The number of benzene rings is 2. The maximum Gasteiger partial charge on any atom is 0.243 e. The van der Waals surface area contributed by atoms with Crippen molar-refractivity contribution in [2.45, 2.75) is 70.5 Å². The van der Waals surface area contributed by atoms with E-state index < -0.39 is 6.04 Å². The van der Waals surface area contributed by atoms with E-state index >= 15 is 0 Å². The minimum absolute atomic E-state index is 0.0978. The van der Waals surface area contributed by atoms with Crippen molar-refractivity contribution in [1.29, 1.82) is 0 Å². The first-order valence-electron chi connectivity index (χ1n) is 11.6. The summed E-state index contributed by atoms with van der Waals surface area (Å²) in [5.74, 6) is 0.246. The number of carbonyl (C=O) groups excluding carboxylic acids is 2. The van der Waals surface area contributed by atoms with Gasteiger partial charge >= 0.3 is 0 Å². The van der Waals surface area contributed by atoms with Crippen molar-refractivity contribution in [2.24, 2.45) is 0 Å². The molecule has 5 nitrogen and oxygen atoms in total. The third-order valence-electron chi connectivity index (χ3n) is 5.90. The van der Waals surface area contributed by atoms with Crippen LogP contribution in [0.3, 0.4) is 0 Å². The van der Waals surface area contributed by atoms with E-state index in [0.717, 1.165) is 37.0 Å². The lowest BCUT2D eigenvalue weighted by molar-refractivity contribution is -0.141. The zero-order chi connectivity index (χ0) is 22.8. The molecule has 1 saturated carbocycles. The molecule has 0 radical (unpaired) electrons. The molecule has 0 heterocycles. The van der Waals surface area contributed by atoms with E-state index in [1.165, 1.54) is 12.1 Å². The molecule has 6 heteroatoms. The molecule has 1 N–H and O–H groups in total. The van der Waals surface area contributed by atoms with Gasteiger partial charge in [0.05, 0.1) is 6.61 Å². The number of halogens is 1. The van der Waals surface area contributed by atoms with Crippen molar-refractivity contribution in [3.8, 4) is 5.75 Å². The molecule has 0 aliphatic heterocycles. The first-order chi connectivity index (χ1) is 15.6. The highest BCUT2D eigenvalue weighted by Gasteiger charge is 2.30. The first-order valence-corrected chi connectivity index (χ1v) is 11.6. The maximum absolute atomic E-state index is 13.3. The quantitative estimate of drug-likeness (QED) is 0.508. The molecule has 2 amide bonds. The van der Waals surface area contributed by atoms with E-state index in [1.807, 2.05) is 37.3 Å². The average Bonchev–Trinajstić information content (AvgIpc) is 3.31. The standard InChI is InChI=1S/C26H33FN2O3/c1-2-24(26(31)28-22-9-6-7-10-22)29(19-20-14-16-21(27)17-15-20)25(30)13-8-18-32-23-11-4-3-5-12-23/h3-5,11-12,14-17,22,24H,2,6-10,13,18-19H2,1H3,(H,28,31)/t24-/m0/s1. The molecule has 1 aliphatic rings. The molecule has 172 valence electrons. The second kappa shape index (κ2) is 12.2. The molecular weight excluding hydrogens is 407 g/mol. The Bertz CT molecular complexity index is 851. The third kappa shape index (κ3) is 7.08. The Kier molecular flexibility index (Phi) is 9.08. The second-order valence-corrected chi connectivity index (χ2v) is 8.33. The fourth-order valence-electron chi connectivity index (χ4n) is 4.15. The van der Waals surface area contributed by atoms with Crippen molar-refractivity contribution in [1.82, 2.24) is 10.2 Å². The predicted octanol–water partition coefficient (Wildman–Crippen LogP) is 4.85. The molecule has 1 fully saturated rings. The van der Waals surface area contributed by atoms with E-state index in [-0.39, 0.29) is 36.6 Å². The molecule has 0 bridgehead atoms. The minimum atomic E-state index is -0.553. The molecule has 0 saturated heterocycles. The number of para-hydroxylation sites is 1. The highest BCUT2D eigenvalue weighted by Crippen LogP contribution is 2.20. The lowest BCUT2D eigenvalue weighted by atomic mass is 10.1. The molecular formula is C26H33FN2O3. The number of amides is 2. The van der Waals surface area contributed by atoms with Gasteiger partial charge in [0.2, 0.25) is 11.8 Å². The summed E-state index contributed by atoms with van der Waals surface area (Å²) in [7, 11) is 0. The van der Waals surface area contributed by atoms with Crippen LogP contribution in [0.1, 0.15) is 57.4 Å². The number of nitrogens with one attached hydrogen (secondary N) is 1. The van der Waals surface area contributed by atoms with Gasteiger partial charge in [0.1, 0.15) is 17.6 Å². The Balaban J connectivity index is 1.64. The van der Waals surface area contributed by atoms with Crippen molar-refractivity contribution >= 4 is 11.8 Å². The van der Waals surface area contributed by atoms with Gasteiger partial charge in [0.25, 0.3) is 0 Å². The highest BCUT2D eigenvalue weighted by molar-refractivity contribution is 5.87. The van der Waals surface area contributed by atoms with Crippen LogP contribution in [0, 0.1) is 5.82 Å². The van der Waals surface area contributed by atoms with Gasteiger partial charge in [0, 0.05) is 19.0 Å².